The third kappa shape index (κ3) is 3.12. The Bertz CT molecular complexity index is 1920. The third-order valence-corrected chi connectivity index (χ3v) is 8.33. The summed E-state index contributed by atoms with van der Waals surface area (Å²) in [5, 5.41) is 55.6. The normalized spacial score (nSPS) is 24.4. The number of hydrogen-bond donors (Lipinski definition) is 5. The molecule has 0 amide bonds. The van der Waals surface area contributed by atoms with Crippen molar-refractivity contribution in [1.29, 1.82) is 0 Å². The quantitative estimate of drug-likeness (QED) is 0.154. The molecule has 5 rings (SSSR count). The minimum absolute atomic E-state index is 0.230. The van der Waals surface area contributed by atoms with Crippen LogP contribution in [0.1, 0.15) is 18.1 Å². The Hall–Kier alpha value is -4.39. The Balaban J connectivity index is 2.11. The zero-order valence-electron chi connectivity index (χ0n) is 22.8. The smallest absolute Gasteiger partial charge is 0.337 e. The number of fused-ring (bicyclic) bond motifs is 2. The van der Waals surface area contributed by atoms with E-state index in [1.165, 1.54) is 42.3 Å². The van der Waals surface area contributed by atoms with E-state index in [0.29, 0.717) is 0 Å². The SMILES string of the molecule is Cn1c(=O)c2c(nc(C3(c4nc5c(c(=O)n(C)c(=O)n5C)n4C)[C@@H](O)C(O)[C@H](O)CC3(O)C(=O)O)n2C)n(C)c1=O. The van der Waals surface area contributed by atoms with Gasteiger partial charge in [0, 0.05) is 48.7 Å². The van der Waals surface area contributed by atoms with Crippen molar-refractivity contribution in [3.8, 4) is 0 Å². The van der Waals surface area contributed by atoms with Gasteiger partial charge in [-0.25, -0.2) is 24.4 Å². The fourth-order valence-corrected chi connectivity index (χ4v) is 6.03. The second-order valence-corrected chi connectivity index (χ2v) is 10.4. The van der Waals surface area contributed by atoms with Gasteiger partial charge in [-0.15, -0.1) is 0 Å². The van der Waals surface area contributed by atoms with Crippen LogP contribution in [0.15, 0.2) is 19.2 Å². The molecule has 18 heteroatoms. The van der Waals surface area contributed by atoms with Crippen molar-refractivity contribution in [2.45, 2.75) is 35.7 Å². The molecule has 4 aromatic heterocycles. The molecule has 4 aromatic rings. The maximum atomic E-state index is 13.2. The maximum absolute atomic E-state index is 13.2. The van der Waals surface area contributed by atoms with Crippen LogP contribution in [-0.4, -0.2) is 92.8 Å². The van der Waals surface area contributed by atoms with E-state index in [0.717, 1.165) is 27.4 Å². The number of aliphatic carboxylic acids is 1. The first-order valence-electron chi connectivity index (χ1n) is 12.2. The number of carbonyl (C=O) groups is 1. The second-order valence-electron chi connectivity index (χ2n) is 10.4. The van der Waals surface area contributed by atoms with Gasteiger partial charge in [0.05, 0.1) is 6.10 Å². The van der Waals surface area contributed by atoms with Crippen molar-refractivity contribution in [2.75, 3.05) is 0 Å². The van der Waals surface area contributed by atoms with Crippen molar-refractivity contribution in [3.63, 3.8) is 0 Å². The fraction of sp³-hybridized carbons (Fsp3) is 0.522. The molecule has 2 unspecified atom stereocenters. The number of aliphatic hydroxyl groups is 4. The molecule has 0 radical (unpaired) electrons. The van der Waals surface area contributed by atoms with Gasteiger partial charge in [0.1, 0.15) is 23.9 Å². The zero-order chi connectivity index (χ0) is 30.7. The lowest BCUT2D eigenvalue weighted by atomic mass is 9.58. The molecule has 0 spiro atoms. The number of hydrogen-bond acceptors (Lipinski definition) is 11. The van der Waals surface area contributed by atoms with Crippen molar-refractivity contribution in [1.82, 2.24) is 37.4 Å². The zero-order valence-corrected chi connectivity index (χ0v) is 22.8. The van der Waals surface area contributed by atoms with Gasteiger partial charge >= 0.3 is 17.3 Å². The summed E-state index contributed by atoms with van der Waals surface area (Å²) in [4.78, 5) is 73.3. The molecule has 220 valence electrons. The summed E-state index contributed by atoms with van der Waals surface area (Å²) < 4.78 is 5.62. The second kappa shape index (κ2) is 8.56. The van der Waals surface area contributed by atoms with E-state index < -0.39 is 75.9 Å². The summed E-state index contributed by atoms with van der Waals surface area (Å²) in [5.74, 6) is -3.03. The lowest BCUT2D eigenvalue weighted by Crippen LogP contribution is -2.73. The first-order valence-corrected chi connectivity index (χ1v) is 12.2. The first kappa shape index (κ1) is 28.1. The van der Waals surface area contributed by atoms with Crippen LogP contribution in [0.25, 0.3) is 22.3 Å². The van der Waals surface area contributed by atoms with Crippen LogP contribution >= 0.6 is 0 Å². The predicted octanol–water partition coefficient (Wildman–Crippen LogP) is -5.16. The van der Waals surface area contributed by atoms with Gasteiger partial charge in [-0.2, -0.15) is 0 Å². The minimum atomic E-state index is -3.19. The average molecular weight is 577 g/mol. The van der Waals surface area contributed by atoms with E-state index in [2.05, 4.69) is 9.97 Å². The van der Waals surface area contributed by atoms with E-state index in [1.807, 2.05) is 0 Å². The molecule has 1 saturated carbocycles. The molecule has 1 fully saturated rings. The van der Waals surface area contributed by atoms with Gasteiger partial charge in [-0.05, 0) is 0 Å². The Labute approximate surface area is 227 Å². The van der Waals surface area contributed by atoms with Gasteiger partial charge in [-0.1, -0.05) is 0 Å². The monoisotopic (exact) mass is 576 g/mol. The molecule has 4 atom stereocenters. The van der Waals surface area contributed by atoms with Gasteiger partial charge in [0.15, 0.2) is 33.3 Å². The molecule has 0 aromatic carbocycles. The van der Waals surface area contributed by atoms with Crippen LogP contribution in [0.3, 0.4) is 0 Å². The van der Waals surface area contributed by atoms with Gasteiger partial charge < -0.3 is 34.7 Å². The maximum Gasteiger partial charge on any atom is 0.337 e. The third-order valence-electron chi connectivity index (χ3n) is 8.33. The molecule has 4 heterocycles. The Morgan fingerprint density at radius 1 is 0.732 bits per heavy atom. The predicted molar refractivity (Wildman–Crippen MR) is 138 cm³/mol. The number of imidazole rings is 2. The highest BCUT2D eigenvalue weighted by Gasteiger charge is 2.72. The summed E-state index contributed by atoms with van der Waals surface area (Å²) in [7, 11) is 7.53. The molecule has 1 aliphatic rings. The summed E-state index contributed by atoms with van der Waals surface area (Å²) >= 11 is 0. The molecule has 41 heavy (non-hydrogen) atoms. The van der Waals surface area contributed by atoms with Gasteiger partial charge in [-0.3, -0.25) is 27.9 Å². The number of nitrogens with zero attached hydrogens (tertiary/aromatic N) is 8. The van der Waals surface area contributed by atoms with Crippen molar-refractivity contribution in [2.24, 2.45) is 42.3 Å². The Morgan fingerprint density at radius 2 is 1.12 bits per heavy atom. The van der Waals surface area contributed by atoms with Crippen molar-refractivity contribution < 1.29 is 30.3 Å². The first-order chi connectivity index (χ1) is 19.0. The highest BCUT2D eigenvalue weighted by Crippen LogP contribution is 2.51. The molecule has 5 N–H and O–H groups in total. The number of carboxylic acids is 1. The lowest BCUT2D eigenvalue weighted by Gasteiger charge is -2.52. The molecular formula is C23H28N8O10. The molecule has 0 bridgehead atoms. The van der Waals surface area contributed by atoms with E-state index in [-0.39, 0.29) is 22.3 Å². The Morgan fingerprint density at radius 3 is 1.49 bits per heavy atom. The topological polar surface area (TPSA) is 242 Å². The van der Waals surface area contributed by atoms with Crippen LogP contribution in [0.4, 0.5) is 0 Å². The molecule has 18 nitrogen and oxygen atoms in total. The highest BCUT2D eigenvalue weighted by molar-refractivity contribution is 5.83. The summed E-state index contributed by atoms with van der Waals surface area (Å²) in [6.45, 7) is 0. The molecule has 0 saturated heterocycles. The van der Waals surface area contributed by atoms with E-state index in [1.54, 1.807) is 0 Å². The number of carboxylic acid groups (broad SMARTS) is 1. The van der Waals surface area contributed by atoms with Crippen LogP contribution < -0.4 is 22.5 Å². The fourth-order valence-electron chi connectivity index (χ4n) is 6.03. The highest BCUT2D eigenvalue weighted by atomic mass is 16.4. The van der Waals surface area contributed by atoms with E-state index >= 15 is 0 Å². The van der Waals surface area contributed by atoms with Crippen LogP contribution in [-0.2, 0) is 52.5 Å². The molecular weight excluding hydrogens is 548 g/mol. The summed E-state index contributed by atoms with van der Waals surface area (Å²) in [5.41, 5.74) is -10.2. The van der Waals surface area contributed by atoms with Crippen LogP contribution in [0.5, 0.6) is 0 Å². The van der Waals surface area contributed by atoms with E-state index in [9.17, 15) is 49.5 Å². The average Bonchev–Trinajstić information content (AvgIpc) is 3.45. The summed E-state index contributed by atoms with van der Waals surface area (Å²) in [6.07, 6.45) is -7.47. The minimum Gasteiger partial charge on any atom is -0.479 e. The Kier molecular flexibility index (Phi) is 5.87. The van der Waals surface area contributed by atoms with Crippen molar-refractivity contribution in [3.05, 3.63) is 53.3 Å². The molecule has 1 aliphatic carbocycles. The van der Waals surface area contributed by atoms with Crippen molar-refractivity contribution >= 4 is 28.3 Å². The summed E-state index contributed by atoms with van der Waals surface area (Å²) in [6, 6.07) is 0. The van der Waals surface area contributed by atoms with Gasteiger partial charge in [0.25, 0.3) is 11.1 Å². The number of aromatic nitrogens is 8. The van der Waals surface area contributed by atoms with E-state index in [4.69, 9.17) is 0 Å². The van der Waals surface area contributed by atoms with Gasteiger partial charge in [0.2, 0.25) is 0 Å². The number of aryl methyl sites for hydroxylation is 4. The molecule has 0 aliphatic heterocycles. The number of rotatable bonds is 3. The van der Waals surface area contributed by atoms with Crippen LogP contribution in [0.2, 0.25) is 0 Å². The number of aliphatic hydroxyl groups excluding tert-OH is 3. The largest absolute Gasteiger partial charge is 0.479 e. The lowest BCUT2D eigenvalue weighted by molar-refractivity contribution is -0.215. The van der Waals surface area contributed by atoms with Crippen LogP contribution in [0, 0.1) is 0 Å². The standard InChI is InChI=1S/C23H28N8O10/c1-26-9-13(28(3)20(39)30(5)15(9)35)24-17(26)23(12(34)11(33)8(32)7-22(23,41)19(37)38)18-25-14-10(27(18)2)16(36)31(6)21(40)29(14)4/h8,11-12,32-34,41H,7H2,1-6H3,(H,37,38)/t8-,11?,12+,22?/m1/s1.